The summed E-state index contributed by atoms with van der Waals surface area (Å²) in [5.41, 5.74) is 0.862. The molecule has 48 heavy (non-hydrogen) atoms. The maximum absolute atomic E-state index is 11.1. The number of benzene rings is 9. The molecule has 0 saturated heterocycles. The molecule has 9 aromatic carbocycles. The molecule has 1 heterocycles. The summed E-state index contributed by atoms with van der Waals surface area (Å²) < 4.78 is 132. The first-order valence-electron chi connectivity index (χ1n) is 22.2. The summed E-state index contributed by atoms with van der Waals surface area (Å²) in [7, 11) is 0. The molecule has 1 aromatic heterocycles. The molecule has 0 aliphatic heterocycles. The Morgan fingerprint density at radius 3 is 1.81 bits per heavy atom. The Kier molecular flexibility index (Phi) is 3.53. The molecule has 0 fully saturated rings. The minimum atomic E-state index is -0.769. The van der Waals surface area contributed by atoms with Crippen LogP contribution in [0.25, 0.3) is 98.4 Å². The Labute approximate surface area is 296 Å². The van der Waals surface area contributed by atoms with Gasteiger partial charge in [-0.15, -0.1) is 0 Å². The molecular weight excluding hydrogens is 585 g/mol. The first-order valence-corrected chi connectivity index (χ1v) is 15.2. The number of hydrogen-bond acceptors (Lipinski definition) is 2. The number of phenolic OH excluding ortho intramolecular Hbond substituents is 1. The Morgan fingerprint density at radius 2 is 1.08 bits per heavy atom. The van der Waals surface area contributed by atoms with Crippen molar-refractivity contribution < 1.29 is 28.7 Å². The monoisotopic (exact) mass is 626 g/mol. The van der Waals surface area contributed by atoms with Crippen molar-refractivity contribution in [2.75, 3.05) is 0 Å². The highest BCUT2D eigenvalue weighted by molar-refractivity contribution is 6.25. The van der Waals surface area contributed by atoms with Gasteiger partial charge in [-0.2, -0.15) is 0 Å². The lowest BCUT2D eigenvalue weighted by Crippen LogP contribution is -1.92. The van der Waals surface area contributed by atoms with E-state index in [9.17, 15) is 13.3 Å². The molecule has 10 aromatic rings. The smallest absolute Gasteiger partial charge is 0.146 e. The molecule has 2 nitrogen and oxygen atoms in total. The van der Waals surface area contributed by atoms with E-state index in [1.165, 1.54) is 0 Å². The average Bonchev–Trinajstić information content (AvgIpc) is 3.69. The van der Waals surface area contributed by atoms with Gasteiger partial charge in [-0.3, -0.25) is 0 Å². The van der Waals surface area contributed by atoms with Crippen molar-refractivity contribution in [1.82, 2.24) is 0 Å². The van der Waals surface area contributed by atoms with Crippen molar-refractivity contribution in [1.29, 1.82) is 0 Å². The number of aromatic hydroxyl groups is 1. The van der Waals surface area contributed by atoms with Crippen LogP contribution in [0.2, 0.25) is 0 Å². The number of fused-ring (bicyclic) bond motifs is 8. The van der Waals surface area contributed by atoms with Gasteiger partial charge in [0.25, 0.3) is 0 Å². The summed E-state index contributed by atoms with van der Waals surface area (Å²) in [6.07, 6.45) is 0. The summed E-state index contributed by atoms with van der Waals surface area (Å²) in [5.74, 6) is -0.769. The minimum absolute atomic E-state index is 0.0399. The normalized spacial score (nSPS) is 15.9. The van der Waals surface area contributed by atoms with E-state index in [-0.39, 0.29) is 84.3 Å². The third kappa shape index (κ3) is 3.87. The van der Waals surface area contributed by atoms with Crippen LogP contribution in [-0.2, 0) is 0 Å². The zero-order valence-corrected chi connectivity index (χ0v) is 24.9. The van der Waals surface area contributed by atoms with Crippen LogP contribution in [0.15, 0.2) is 168 Å². The first kappa shape index (κ1) is 16.4. The van der Waals surface area contributed by atoms with Gasteiger partial charge in [0.2, 0.25) is 0 Å². The molecule has 10 rings (SSSR count). The van der Waals surface area contributed by atoms with Crippen molar-refractivity contribution >= 4 is 65.0 Å². The van der Waals surface area contributed by atoms with E-state index in [2.05, 4.69) is 0 Å². The number of phenols is 1. The van der Waals surface area contributed by atoms with E-state index < -0.39 is 66.2 Å². The van der Waals surface area contributed by atoms with Gasteiger partial charge in [0.15, 0.2) is 0 Å². The number of furan rings is 1. The van der Waals surface area contributed by atoms with Crippen molar-refractivity contribution in [3.63, 3.8) is 0 Å². The van der Waals surface area contributed by atoms with Crippen LogP contribution in [0.4, 0.5) is 0 Å². The van der Waals surface area contributed by atoms with E-state index in [4.69, 9.17) is 15.4 Å². The summed E-state index contributed by atoms with van der Waals surface area (Å²) in [6, 6.07) is 16.0. The maximum Gasteiger partial charge on any atom is 0.146 e. The van der Waals surface area contributed by atoms with Gasteiger partial charge >= 0.3 is 0 Å². The SMILES string of the molecule is [2H]c1c([2H])c([2H])c2c(-c3c4ccccc4c(-c4c([2H])c([2H])c5c(oc6c7c(O)c([2H])c([2H])c([2H])c7c([2H])c([2H])c65)c4[2H])c4ccccc34)c([2H])c([2H])c(-c3ccccc3)c2c1[2H]. The van der Waals surface area contributed by atoms with Crippen LogP contribution in [-0.4, -0.2) is 5.11 Å². The second kappa shape index (κ2) is 10.3. The summed E-state index contributed by atoms with van der Waals surface area (Å²) in [5, 5.41) is 12.1. The molecule has 0 bridgehead atoms. The lowest BCUT2D eigenvalue weighted by Gasteiger charge is -2.19. The summed E-state index contributed by atoms with van der Waals surface area (Å²) in [4.78, 5) is 0. The third-order valence-corrected chi connectivity index (χ3v) is 8.85. The maximum atomic E-state index is 11.1. The van der Waals surface area contributed by atoms with E-state index in [0.717, 1.165) is 0 Å². The fraction of sp³-hybridized carbons (Fsp3) is 0. The van der Waals surface area contributed by atoms with Crippen molar-refractivity contribution in [2.45, 2.75) is 0 Å². The van der Waals surface area contributed by atoms with Gasteiger partial charge in [-0.05, 0) is 95.3 Å². The molecule has 0 spiro atoms. The topological polar surface area (TPSA) is 33.4 Å². The van der Waals surface area contributed by atoms with Crippen molar-refractivity contribution in [2.24, 2.45) is 0 Å². The third-order valence-electron chi connectivity index (χ3n) is 8.85. The Bertz CT molecular complexity index is 3640. The van der Waals surface area contributed by atoms with E-state index >= 15 is 0 Å². The van der Waals surface area contributed by atoms with E-state index in [1.807, 2.05) is 0 Å². The van der Waals surface area contributed by atoms with E-state index in [1.54, 1.807) is 78.9 Å². The predicted octanol–water partition coefficient (Wildman–Crippen LogP) is 12.9. The first-order chi connectivity index (χ1) is 29.6. The number of hydrogen-bond donors (Lipinski definition) is 1. The highest BCUT2D eigenvalue weighted by Crippen LogP contribution is 2.47. The van der Waals surface area contributed by atoms with Gasteiger partial charge in [-0.1, -0.05) is 139 Å². The largest absolute Gasteiger partial charge is 0.507 e. The predicted molar refractivity (Wildman–Crippen MR) is 202 cm³/mol. The zero-order chi connectivity index (χ0) is 44.0. The summed E-state index contributed by atoms with van der Waals surface area (Å²) >= 11 is 0. The standard InChI is InChI=1S/C46H28O2/c47-41-20-10-13-29-21-24-40-34-23-22-30(27-42(34)48-46(40)44(29)41)43-35-16-6-8-18-37(35)45(38-19-9-7-17-36(38)43)39-26-25-31(28-11-2-1-3-12-28)32-14-4-5-15-33(32)39/h1-27,47H/i4D,5D,10D,13D,14D,15D,20D,21D,22D,23D,24D,25D,26D,27D. The van der Waals surface area contributed by atoms with Gasteiger partial charge in [0, 0.05) is 10.8 Å². The highest BCUT2D eigenvalue weighted by atomic mass is 16.3. The number of rotatable bonds is 3. The van der Waals surface area contributed by atoms with Crippen LogP contribution < -0.4 is 0 Å². The molecule has 0 aliphatic rings. The van der Waals surface area contributed by atoms with E-state index in [0.29, 0.717) is 38.2 Å². The molecule has 0 aliphatic carbocycles. The fourth-order valence-corrected chi connectivity index (χ4v) is 6.78. The van der Waals surface area contributed by atoms with Crippen LogP contribution in [0.1, 0.15) is 19.2 Å². The van der Waals surface area contributed by atoms with Crippen molar-refractivity contribution in [3.05, 3.63) is 163 Å². The molecule has 0 atom stereocenters. The second-order valence-corrected chi connectivity index (χ2v) is 11.4. The van der Waals surface area contributed by atoms with Crippen LogP contribution in [0.3, 0.4) is 0 Å². The van der Waals surface area contributed by atoms with Gasteiger partial charge in [0.05, 0.1) is 24.6 Å². The van der Waals surface area contributed by atoms with Crippen molar-refractivity contribution in [3.8, 4) is 39.1 Å². The Hall–Kier alpha value is -6.38. The Morgan fingerprint density at radius 1 is 0.458 bits per heavy atom. The van der Waals surface area contributed by atoms with Gasteiger partial charge in [0.1, 0.15) is 16.9 Å². The molecule has 1 N–H and O–H groups in total. The minimum Gasteiger partial charge on any atom is -0.507 e. The molecular formula is C46H28O2. The zero-order valence-electron chi connectivity index (χ0n) is 38.9. The highest BCUT2D eigenvalue weighted by Gasteiger charge is 2.20. The summed E-state index contributed by atoms with van der Waals surface area (Å²) in [6.45, 7) is 0. The van der Waals surface area contributed by atoms with Crippen LogP contribution in [0.5, 0.6) is 5.75 Å². The lowest BCUT2D eigenvalue weighted by atomic mass is 9.83. The molecule has 2 heteroatoms. The molecule has 0 unspecified atom stereocenters. The quantitative estimate of drug-likeness (QED) is 0.198. The van der Waals surface area contributed by atoms with Crippen LogP contribution in [0, 0.1) is 0 Å². The van der Waals surface area contributed by atoms with Gasteiger partial charge < -0.3 is 9.52 Å². The average molecular weight is 627 g/mol. The molecule has 0 radical (unpaired) electrons. The Balaban J connectivity index is 1.38. The molecule has 0 saturated carbocycles. The second-order valence-electron chi connectivity index (χ2n) is 11.4. The molecule has 0 amide bonds. The van der Waals surface area contributed by atoms with Gasteiger partial charge in [-0.25, -0.2) is 0 Å². The lowest BCUT2D eigenvalue weighted by molar-refractivity contribution is 0.481. The van der Waals surface area contributed by atoms with Crippen LogP contribution >= 0.6 is 0 Å². The molecule has 224 valence electrons. The fourth-order valence-electron chi connectivity index (χ4n) is 6.78.